The molecular weight excluding hydrogens is 270 g/mol. The number of nitrogens with one attached hydrogen (secondary N) is 1. The first kappa shape index (κ1) is 14.6. The molecule has 2 rings (SSSR count). The molecule has 1 aromatic heterocycles. The number of hydrogen-bond donors (Lipinski definition) is 1. The number of aryl methyl sites for hydroxylation is 1. The standard InChI is InChI=1S/C16H19NO2S/c1-12-5-7-14(8-6-12)19-11-13(2)17-16(18)10-15-4-3-9-20-15/h3-9,13H,10-11H2,1-2H3,(H,17,18). The van der Waals surface area contributed by atoms with Gasteiger partial charge in [0.25, 0.3) is 0 Å². The Bertz CT molecular complexity index is 534. The van der Waals surface area contributed by atoms with Crippen LogP contribution in [0.15, 0.2) is 41.8 Å². The molecule has 3 nitrogen and oxygen atoms in total. The molecule has 0 radical (unpaired) electrons. The van der Waals surface area contributed by atoms with Gasteiger partial charge in [-0.3, -0.25) is 4.79 Å². The summed E-state index contributed by atoms with van der Waals surface area (Å²) in [5, 5.41) is 4.92. The maximum atomic E-state index is 11.8. The van der Waals surface area contributed by atoms with E-state index in [1.54, 1.807) is 11.3 Å². The molecular formula is C16H19NO2S. The summed E-state index contributed by atoms with van der Waals surface area (Å²) in [5.41, 5.74) is 1.20. The van der Waals surface area contributed by atoms with Gasteiger partial charge in [0.2, 0.25) is 5.91 Å². The van der Waals surface area contributed by atoms with E-state index in [4.69, 9.17) is 4.74 Å². The van der Waals surface area contributed by atoms with E-state index in [-0.39, 0.29) is 11.9 Å². The highest BCUT2D eigenvalue weighted by molar-refractivity contribution is 7.10. The van der Waals surface area contributed by atoms with Crippen molar-refractivity contribution in [3.8, 4) is 5.75 Å². The molecule has 4 heteroatoms. The van der Waals surface area contributed by atoms with Crippen LogP contribution in [0, 0.1) is 6.92 Å². The molecule has 1 heterocycles. The molecule has 1 unspecified atom stereocenters. The van der Waals surface area contributed by atoms with E-state index in [1.807, 2.05) is 55.6 Å². The molecule has 1 atom stereocenters. The van der Waals surface area contributed by atoms with Gasteiger partial charge < -0.3 is 10.1 Å². The number of hydrogen-bond acceptors (Lipinski definition) is 3. The molecule has 0 fully saturated rings. The third-order valence-corrected chi connectivity index (χ3v) is 3.72. The van der Waals surface area contributed by atoms with Gasteiger partial charge in [-0.1, -0.05) is 23.8 Å². The predicted octanol–water partition coefficient (Wildman–Crippen LogP) is 3.18. The van der Waals surface area contributed by atoms with Gasteiger partial charge in [0, 0.05) is 4.88 Å². The van der Waals surface area contributed by atoms with Crippen LogP contribution in [0.3, 0.4) is 0 Å². The Labute approximate surface area is 123 Å². The van der Waals surface area contributed by atoms with Gasteiger partial charge in [0.15, 0.2) is 0 Å². The highest BCUT2D eigenvalue weighted by atomic mass is 32.1. The highest BCUT2D eigenvalue weighted by Crippen LogP contribution is 2.12. The van der Waals surface area contributed by atoms with Crippen molar-refractivity contribution in [2.75, 3.05) is 6.61 Å². The second-order valence-corrected chi connectivity index (χ2v) is 5.88. The second-order valence-electron chi connectivity index (χ2n) is 4.85. The van der Waals surface area contributed by atoms with Crippen molar-refractivity contribution < 1.29 is 9.53 Å². The molecule has 0 aliphatic rings. The molecule has 0 bridgehead atoms. The summed E-state index contributed by atoms with van der Waals surface area (Å²) < 4.78 is 5.65. The Morgan fingerprint density at radius 3 is 2.70 bits per heavy atom. The number of carbonyl (C=O) groups excluding carboxylic acids is 1. The van der Waals surface area contributed by atoms with Gasteiger partial charge in [0.1, 0.15) is 12.4 Å². The first-order chi connectivity index (χ1) is 9.63. The van der Waals surface area contributed by atoms with Crippen molar-refractivity contribution in [2.24, 2.45) is 0 Å². The van der Waals surface area contributed by atoms with Crippen LogP contribution in [0.25, 0.3) is 0 Å². The number of rotatable bonds is 6. The summed E-state index contributed by atoms with van der Waals surface area (Å²) in [6, 6.07) is 11.8. The van der Waals surface area contributed by atoms with Crippen molar-refractivity contribution in [3.63, 3.8) is 0 Å². The number of benzene rings is 1. The minimum Gasteiger partial charge on any atom is -0.491 e. The molecule has 2 aromatic rings. The zero-order valence-corrected chi connectivity index (χ0v) is 12.6. The van der Waals surface area contributed by atoms with Crippen molar-refractivity contribution in [3.05, 3.63) is 52.2 Å². The van der Waals surface area contributed by atoms with Crippen LogP contribution >= 0.6 is 11.3 Å². The van der Waals surface area contributed by atoms with Crippen LogP contribution in [0.1, 0.15) is 17.4 Å². The highest BCUT2D eigenvalue weighted by Gasteiger charge is 2.09. The van der Waals surface area contributed by atoms with E-state index in [0.29, 0.717) is 13.0 Å². The molecule has 1 aromatic carbocycles. The third-order valence-electron chi connectivity index (χ3n) is 2.84. The molecule has 106 valence electrons. The summed E-state index contributed by atoms with van der Waals surface area (Å²) in [4.78, 5) is 12.9. The average molecular weight is 289 g/mol. The van der Waals surface area contributed by atoms with Crippen molar-refractivity contribution in [1.82, 2.24) is 5.32 Å². The maximum Gasteiger partial charge on any atom is 0.225 e. The third kappa shape index (κ3) is 4.70. The van der Waals surface area contributed by atoms with Crippen molar-refractivity contribution in [1.29, 1.82) is 0 Å². The topological polar surface area (TPSA) is 38.3 Å². The zero-order valence-electron chi connectivity index (χ0n) is 11.8. The van der Waals surface area contributed by atoms with E-state index in [1.165, 1.54) is 5.56 Å². The molecule has 0 spiro atoms. The number of carbonyl (C=O) groups is 1. The van der Waals surface area contributed by atoms with Gasteiger partial charge >= 0.3 is 0 Å². The summed E-state index contributed by atoms with van der Waals surface area (Å²) in [5.74, 6) is 0.863. The van der Waals surface area contributed by atoms with Crippen LogP contribution in [0.4, 0.5) is 0 Å². The number of amides is 1. The molecule has 0 aliphatic heterocycles. The van der Waals surface area contributed by atoms with Crippen LogP contribution in [0.5, 0.6) is 5.75 Å². The lowest BCUT2D eigenvalue weighted by atomic mass is 10.2. The lowest BCUT2D eigenvalue weighted by molar-refractivity contribution is -0.121. The fraction of sp³-hybridized carbons (Fsp3) is 0.312. The van der Waals surface area contributed by atoms with E-state index < -0.39 is 0 Å². The monoisotopic (exact) mass is 289 g/mol. The van der Waals surface area contributed by atoms with Gasteiger partial charge in [0.05, 0.1) is 12.5 Å². The van der Waals surface area contributed by atoms with Gasteiger partial charge in [-0.2, -0.15) is 0 Å². The predicted molar refractivity (Wildman–Crippen MR) is 82.3 cm³/mol. The van der Waals surface area contributed by atoms with Crippen LogP contribution < -0.4 is 10.1 Å². The van der Waals surface area contributed by atoms with Crippen LogP contribution in [-0.4, -0.2) is 18.6 Å². The quantitative estimate of drug-likeness (QED) is 0.887. The SMILES string of the molecule is Cc1ccc(OCC(C)NC(=O)Cc2cccs2)cc1. The fourth-order valence-corrected chi connectivity index (χ4v) is 2.50. The molecule has 1 N–H and O–H groups in total. The Morgan fingerprint density at radius 2 is 2.05 bits per heavy atom. The Morgan fingerprint density at radius 1 is 1.30 bits per heavy atom. The first-order valence-corrected chi connectivity index (χ1v) is 7.52. The second kappa shape index (κ2) is 7.10. The summed E-state index contributed by atoms with van der Waals surface area (Å²) >= 11 is 1.60. The normalized spacial score (nSPS) is 11.9. The maximum absolute atomic E-state index is 11.8. The summed E-state index contributed by atoms with van der Waals surface area (Å²) in [7, 11) is 0. The van der Waals surface area contributed by atoms with Crippen molar-refractivity contribution >= 4 is 17.2 Å². The molecule has 0 saturated heterocycles. The Balaban J connectivity index is 1.73. The van der Waals surface area contributed by atoms with E-state index >= 15 is 0 Å². The average Bonchev–Trinajstić information content (AvgIpc) is 2.90. The first-order valence-electron chi connectivity index (χ1n) is 6.64. The summed E-state index contributed by atoms with van der Waals surface area (Å²) in [6.45, 7) is 4.46. The Hall–Kier alpha value is -1.81. The number of thiophene rings is 1. The molecule has 1 amide bonds. The smallest absolute Gasteiger partial charge is 0.225 e. The molecule has 0 aliphatic carbocycles. The van der Waals surface area contributed by atoms with Gasteiger partial charge in [-0.15, -0.1) is 11.3 Å². The molecule has 20 heavy (non-hydrogen) atoms. The number of ether oxygens (including phenoxy) is 1. The lowest BCUT2D eigenvalue weighted by Gasteiger charge is -2.15. The zero-order chi connectivity index (χ0) is 14.4. The minimum absolute atomic E-state index is 0.0104. The van der Waals surface area contributed by atoms with Crippen LogP contribution in [0.2, 0.25) is 0 Å². The fourth-order valence-electron chi connectivity index (χ4n) is 1.79. The van der Waals surface area contributed by atoms with E-state index in [2.05, 4.69) is 5.32 Å². The minimum atomic E-state index is -0.0104. The van der Waals surface area contributed by atoms with E-state index in [0.717, 1.165) is 10.6 Å². The Kier molecular flexibility index (Phi) is 5.18. The molecule has 0 saturated carbocycles. The van der Waals surface area contributed by atoms with Gasteiger partial charge in [-0.05, 0) is 37.4 Å². The lowest BCUT2D eigenvalue weighted by Crippen LogP contribution is -2.37. The van der Waals surface area contributed by atoms with E-state index in [9.17, 15) is 4.79 Å². The van der Waals surface area contributed by atoms with Gasteiger partial charge in [-0.25, -0.2) is 0 Å². The van der Waals surface area contributed by atoms with Crippen LogP contribution in [-0.2, 0) is 11.2 Å². The largest absolute Gasteiger partial charge is 0.491 e. The summed E-state index contributed by atoms with van der Waals surface area (Å²) in [6.07, 6.45) is 0.437. The van der Waals surface area contributed by atoms with Crippen molar-refractivity contribution in [2.45, 2.75) is 26.3 Å².